The van der Waals surface area contributed by atoms with Crippen molar-refractivity contribution < 1.29 is 9.53 Å². The number of rotatable bonds is 5. The van der Waals surface area contributed by atoms with Gasteiger partial charge in [0.15, 0.2) is 0 Å². The van der Waals surface area contributed by atoms with Crippen molar-refractivity contribution in [2.45, 2.75) is 44.2 Å². The van der Waals surface area contributed by atoms with Crippen molar-refractivity contribution in [2.75, 3.05) is 0 Å². The summed E-state index contributed by atoms with van der Waals surface area (Å²) in [6, 6.07) is 15.5. The average Bonchev–Trinajstić information content (AvgIpc) is 2.65. The van der Waals surface area contributed by atoms with Crippen LogP contribution < -0.4 is 10.1 Å². The van der Waals surface area contributed by atoms with Crippen LogP contribution in [0.2, 0.25) is 0 Å². The van der Waals surface area contributed by atoms with Crippen molar-refractivity contribution in [2.24, 2.45) is 0 Å². The van der Waals surface area contributed by atoms with Crippen molar-refractivity contribution >= 4 is 5.91 Å². The minimum Gasteiger partial charge on any atom is -0.474 e. The zero-order chi connectivity index (χ0) is 17.5. The number of hydrogen-bond donors (Lipinski definition) is 1. The van der Waals surface area contributed by atoms with Gasteiger partial charge < -0.3 is 10.1 Å². The van der Waals surface area contributed by atoms with Gasteiger partial charge in [0.05, 0.1) is 12.0 Å². The zero-order valence-corrected chi connectivity index (χ0v) is 14.0. The highest BCUT2D eigenvalue weighted by Gasteiger charge is 2.23. The highest BCUT2D eigenvalue weighted by Crippen LogP contribution is 2.23. The summed E-state index contributed by atoms with van der Waals surface area (Å²) in [6.07, 6.45) is 5.64. The Kier molecular flexibility index (Phi) is 5.63. The number of amides is 1. The van der Waals surface area contributed by atoms with Crippen molar-refractivity contribution in [3.63, 3.8) is 0 Å². The van der Waals surface area contributed by atoms with Crippen LogP contribution in [0.4, 0.5) is 0 Å². The van der Waals surface area contributed by atoms with Crippen LogP contribution in [-0.4, -0.2) is 23.0 Å². The summed E-state index contributed by atoms with van der Waals surface area (Å²) in [5.41, 5.74) is 1.56. The van der Waals surface area contributed by atoms with E-state index in [0.717, 1.165) is 31.2 Å². The van der Waals surface area contributed by atoms with Crippen LogP contribution in [0, 0.1) is 11.3 Å². The van der Waals surface area contributed by atoms with E-state index >= 15 is 0 Å². The third-order valence-corrected chi connectivity index (χ3v) is 4.40. The van der Waals surface area contributed by atoms with Crippen LogP contribution in [-0.2, 0) is 11.2 Å². The fraction of sp³-hybridized carbons (Fsp3) is 0.350. The van der Waals surface area contributed by atoms with E-state index in [0.29, 0.717) is 17.9 Å². The third-order valence-electron chi connectivity index (χ3n) is 4.40. The van der Waals surface area contributed by atoms with E-state index in [-0.39, 0.29) is 18.1 Å². The van der Waals surface area contributed by atoms with Gasteiger partial charge in [-0.15, -0.1) is 0 Å². The lowest BCUT2D eigenvalue weighted by Crippen LogP contribution is -2.40. The molecule has 0 unspecified atom stereocenters. The third kappa shape index (κ3) is 5.05. The summed E-state index contributed by atoms with van der Waals surface area (Å²) < 4.78 is 5.87. The number of ether oxygens (including phenoxy) is 1. The quantitative estimate of drug-likeness (QED) is 0.911. The molecular weight excluding hydrogens is 314 g/mol. The summed E-state index contributed by atoms with van der Waals surface area (Å²) >= 11 is 0. The summed E-state index contributed by atoms with van der Waals surface area (Å²) in [5, 5.41) is 11.9. The van der Waals surface area contributed by atoms with E-state index in [9.17, 15) is 4.79 Å². The Morgan fingerprint density at radius 1 is 1.16 bits per heavy atom. The molecule has 25 heavy (non-hydrogen) atoms. The number of nitrogens with zero attached hydrogens (tertiary/aromatic N) is 2. The van der Waals surface area contributed by atoms with Gasteiger partial charge in [-0.2, -0.15) is 5.26 Å². The minimum atomic E-state index is 0.0735. The van der Waals surface area contributed by atoms with Gasteiger partial charge in [0.2, 0.25) is 11.8 Å². The second-order valence-electron chi connectivity index (χ2n) is 6.32. The van der Waals surface area contributed by atoms with E-state index in [1.165, 1.54) is 6.20 Å². The van der Waals surface area contributed by atoms with Crippen LogP contribution in [0.3, 0.4) is 0 Å². The lowest BCUT2D eigenvalue weighted by molar-refractivity contribution is -0.121. The summed E-state index contributed by atoms with van der Waals surface area (Å²) in [5.74, 6) is 0.625. The van der Waals surface area contributed by atoms with E-state index in [2.05, 4.69) is 10.3 Å². The molecular formula is C20H21N3O2. The van der Waals surface area contributed by atoms with E-state index in [4.69, 9.17) is 10.00 Å². The maximum absolute atomic E-state index is 12.1. The number of hydrogen-bond acceptors (Lipinski definition) is 4. The van der Waals surface area contributed by atoms with E-state index in [1.54, 1.807) is 12.1 Å². The Balaban J connectivity index is 1.42. The predicted octanol–water partition coefficient (Wildman–Crippen LogP) is 3.00. The number of nitriles is 1. The molecule has 1 aliphatic rings. The lowest BCUT2D eigenvalue weighted by atomic mass is 9.92. The molecule has 0 bridgehead atoms. The molecule has 1 aromatic carbocycles. The molecule has 0 spiro atoms. The average molecular weight is 335 g/mol. The van der Waals surface area contributed by atoms with Gasteiger partial charge in [-0.1, -0.05) is 30.3 Å². The Hall–Kier alpha value is -2.87. The van der Waals surface area contributed by atoms with Crippen LogP contribution >= 0.6 is 0 Å². The lowest BCUT2D eigenvalue weighted by Gasteiger charge is -2.29. The van der Waals surface area contributed by atoms with Crippen LogP contribution in [0.25, 0.3) is 0 Å². The number of aromatic nitrogens is 1. The summed E-state index contributed by atoms with van der Waals surface area (Å²) in [6.45, 7) is 0. The molecule has 0 atom stereocenters. The monoisotopic (exact) mass is 335 g/mol. The molecule has 128 valence electrons. The van der Waals surface area contributed by atoms with Gasteiger partial charge >= 0.3 is 0 Å². The second-order valence-corrected chi connectivity index (χ2v) is 6.32. The van der Waals surface area contributed by atoms with Gasteiger partial charge in [-0.25, -0.2) is 4.98 Å². The molecule has 1 N–H and O–H groups in total. The van der Waals surface area contributed by atoms with Crippen molar-refractivity contribution in [3.05, 3.63) is 59.8 Å². The standard InChI is InChI=1S/C20H21N3O2/c21-13-16-6-11-20(22-14-16)25-18-9-7-17(8-10-18)23-19(24)12-15-4-2-1-3-5-15/h1-6,11,14,17-18H,7-10,12H2,(H,23,24). The molecule has 1 fully saturated rings. The number of carbonyl (C=O) groups is 1. The number of carbonyl (C=O) groups excluding carboxylic acids is 1. The molecule has 0 aliphatic heterocycles. The van der Waals surface area contributed by atoms with Crippen LogP contribution in [0.1, 0.15) is 36.8 Å². The topological polar surface area (TPSA) is 75.0 Å². The van der Waals surface area contributed by atoms with Crippen LogP contribution in [0.15, 0.2) is 48.7 Å². The molecule has 1 saturated carbocycles. The molecule has 0 saturated heterocycles. The largest absolute Gasteiger partial charge is 0.474 e. The van der Waals surface area contributed by atoms with E-state index in [1.807, 2.05) is 36.4 Å². The molecule has 1 aromatic heterocycles. The molecule has 1 heterocycles. The maximum Gasteiger partial charge on any atom is 0.224 e. The highest BCUT2D eigenvalue weighted by molar-refractivity contribution is 5.78. The fourth-order valence-electron chi connectivity index (χ4n) is 3.07. The van der Waals surface area contributed by atoms with E-state index < -0.39 is 0 Å². The molecule has 5 nitrogen and oxygen atoms in total. The fourth-order valence-corrected chi connectivity index (χ4v) is 3.07. The van der Waals surface area contributed by atoms with Gasteiger partial charge in [0.25, 0.3) is 0 Å². The van der Waals surface area contributed by atoms with Crippen molar-refractivity contribution in [3.8, 4) is 11.9 Å². The number of benzene rings is 1. The summed E-state index contributed by atoms with van der Waals surface area (Å²) in [4.78, 5) is 16.3. The first-order chi connectivity index (χ1) is 12.2. The first kappa shape index (κ1) is 17.0. The highest BCUT2D eigenvalue weighted by atomic mass is 16.5. The molecule has 2 aromatic rings. The van der Waals surface area contributed by atoms with Gasteiger partial charge in [-0.3, -0.25) is 4.79 Å². The van der Waals surface area contributed by atoms with Gasteiger partial charge in [0, 0.05) is 18.3 Å². The predicted molar refractivity (Wildman–Crippen MR) is 93.9 cm³/mol. The molecule has 1 aliphatic carbocycles. The Labute approximate surface area is 147 Å². The molecule has 3 rings (SSSR count). The smallest absolute Gasteiger partial charge is 0.224 e. The Morgan fingerprint density at radius 2 is 1.92 bits per heavy atom. The summed E-state index contributed by atoms with van der Waals surface area (Å²) in [7, 11) is 0. The Morgan fingerprint density at radius 3 is 2.56 bits per heavy atom. The number of nitrogens with one attached hydrogen (secondary N) is 1. The van der Waals surface area contributed by atoms with Gasteiger partial charge in [-0.05, 0) is 37.3 Å². The zero-order valence-electron chi connectivity index (χ0n) is 14.0. The van der Waals surface area contributed by atoms with Crippen LogP contribution in [0.5, 0.6) is 5.88 Å². The Bertz CT molecular complexity index is 730. The first-order valence-electron chi connectivity index (χ1n) is 8.59. The normalized spacial score (nSPS) is 19.6. The SMILES string of the molecule is N#Cc1ccc(OC2CCC(NC(=O)Cc3ccccc3)CC2)nc1. The van der Waals surface area contributed by atoms with Crippen molar-refractivity contribution in [1.29, 1.82) is 5.26 Å². The van der Waals surface area contributed by atoms with Crippen molar-refractivity contribution in [1.82, 2.24) is 10.3 Å². The first-order valence-corrected chi connectivity index (χ1v) is 8.59. The maximum atomic E-state index is 12.1. The molecule has 1 amide bonds. The van der Waals surface area contributed by atoms with Gasteiger partial charge in [0.1, 0.15) is 12.2 Å². The number of pyridine rings is 1. The molecule has 0 radical (unpaired) electrons. The minimum absolute atomic E-state index is 0.0735. The molecule has 5 heteroatoms. The second kappa shape index (κ2) is 8.29.